The Labute approximate surface area is 123 Å². The van der Waals surface area contributed by atoms with Crippen LogP contribution in [0.3, 0.4) is 0 Å². The van der Waals surface area contributed by atoms with E-state index in [0.29, 0.717) is 5.56 Å². The van der Waals surface area contributed by atoms with Gasteiger partial charge in [0, 0.05) is 9.77 Å². The number of nitrogens with two attached hydrogens (primary N) is 1. The summed E-state index contributed by atoms with van der Waals surface area (Å²) >= 11 is 2.07. The number of aromatic nitrogens is 1. The second-order valence-electron chi connectivity index (χ2n) is 3.70. The number of primary amides is 1. The molecule has 2 rings (SSSR count). The van der Waals surface area contributed by atoms with Gasteiger partial charge in [0.2, 0.25) is 0 Å². The number of carbonyl (C=O) groups is 2. The number of pyridine rings is 1. The van der Waals surface area contributed by atoms with Crippen LogP contribution < -0.4 is 11.1 Å². The van der Waals surface area contributed by atoms with Crippen LogP contribution in [0.15, 0.2) is 42.6 Å². The van der Waals surface area contributed by atoms with Crippen LogP contribution >= 0.6 is 22.6 Å². The van der Waals surface area contributed by atoms with E-state index in [4.69, 9.17) is 5.73 Å². The Hall–Kier alpha value is -1.96. The van der Waals surface area contributed by atoms with E-state index in [-0.39, 0.29) is 17.3 Å². The van der Waals surface area contributed by atoms with E-state index in [1.807, 2.05) is 12.1 Å². The van der Waals surface area contributed by atoms with Crippen molar-refractivity contribution in [1.29, 1.82) is 0 Å². The maximum absolute atomic E-state index is 12.1. The molecule has 2 aromatic rings. The normalized spacial score (nSPS) is 9.95. The number of hydrogen-bond acceptors (Lipinski definition) is 3. The lowest BCUT2D eigenvalue weighted by molar-refractivity contribution is 0.100. The topological polar surface area (TPSA) is 85.1 Å². The van der Waals surface area contributed by atoms with E-state index < -0.39 is 5.91 Å². The van der Waals surface area contributed by atoms with Crippen LogP contribution in [0.25, 0.3) is 0 Å². The third-order valence-corrected chi connectivity index (χ3v) is 3.36. The Morgan fingerprint density at radius 2 is 1.79 bits per heavy atom. The summed E-state index contributed by atoms with van der Waals surface area (Å²) in [6, 6.07) is 10.2. The Morgan fingerprint density at radius 1 is 1.11 bits per heavy atom. The number of nitrogens with one attached hydrogen (secondary N) is 1. The molecule has 19 heavy (non-hydrogen) atoms. The fraction of sp³-hybridized carbons (Fsp3) is 0. The number of hydrogen-bond donors (Lipinski definition) is 2. The van der Waals surface area contributed by atoms with Gasteiger partial charge in [-0.05, 0) is 46.9 Å². The largest absolute Gasteiger partial charge is 0.365 e. The molecule has 0 aliphatic heterocycles. The molecule has 6 heteroatoms. The van der Waals surface area contributed by atoms with Gasteiger partial charge in [-0.1, -0.05) is 12.1 Å². The molecule has 1 aromatic carbocycles. The van der Waals surface area contributed by atoms with E-state index in [1.54, 1.807) is 18.2 Å². The molecule has 0 aliphatic carbocycles. The van der Waals surface area contributed by atoms with Gasteiger partial charge in [0.15, 0.2) is 0 Å². The number of carbonyl (C=O) groups excluding carboxylic acids is 2. The van der Waals surface area contributed by atoms with Crippen molar-refractivity contribution in [3.05, 3.63) is 57.3 Å². The molecule has 2 amide bonds. The van der Waals surface area contributed by atoms with Crippen molar-refractivity contribution in [2.75, 3.05) is 5.32 Å². The third-order valence-electron chi connectivity index (χ3n) is 2.42. The lowest BCUT2D eigenvalue weighted by atomic mass is 10.2. The molecule has 0 fully saturated rings. The molecular formula is C13H10IN3O2. The van der Waals surface area contributed by atoms with Gasteiger partial charge in [-0.15, -0.1) is 0 Å². The number of anilines is 1. The van der Waals surface area contributed by atoms with Crippen molar-refractivity contribution in [2.45, 2.75) is 0 Å². The minimum atomic E-state index is -0.633. The Balaban J connectivity index is 2.30. The van der Waals surface area contributed by atoms with Crippen LogP contribution in [0, 0.1) is 3.57 Å². The predicted octanol–water partition coefficient (Wildman–Crippen LogP) is 2.04. The van der Waals surface area contributed by atoms with E-state index >= 15 is 0 Å². The molecule has 0 spiro atoms. The first-order valence-corrected chi connectivity index (χ1v) is 6.48. The highest BCUT2D eigenvalue weighted by atomic mass is 127. The van der Waals surface area contributed by atoms with Gasteiger partial charge in [-0.3, -0.25) is 9.59 Å². The highest BCUT2D eigenvalue weighted by Gasteiger charge is 2.14. The van der Waals surface area contributed by atoms with Crippen molar-refractivity contribution in [1.82, 2.24) is 4.98 Å². The van der Waals surface area contributed by atoms with Crippen LogP contribution in [-0.4, -0.2) is 16.8 Å². The SMILES string of the molecule is NC(=O)c1cccnc1NC(=O)c1ccccc1I. The van der Waals surface area contributed by atoms with Crippen molar-refractivity contribution in [3.63, 3.8) is 0 Å². The number of benzene rings is 1. The Morgan fingerprint density at radius 3 is 2.47 bits per heavy atom. The molecule has 96 valence electrons. The molecule has 0 atom stereocenters. The van der Waals surface area contributed by atoms with Gasteiger partial charge >= 0.3 is 0 Å². The standard InChI is InChI=1S/C13H10IN3O2/c14-10-6-2-1-4-8(10)13(19)17-12-9(11(15)18)5-3-7-16-12/h1-7H,(H2,15,18)(H,16,17,19). The van der Waals surface area contributed by atoms with Crippen molar-refractivity contribution < 1.29 is 9.59 Å². The van der Waals surface area contributed by atoms with Crippen LogP contribution in [-0.2, 0) is 0 Å². The van der Waals surface area contributed by atoms with E-state index in [9.17, 15) is 9.59 Å². The average molecular weight is 367 g/mol. The maximum Gasteiger partial charge on any atom is 0.257 e. The minimum absolute atomic E-state index is 0.166. The number of nitrogens with zero attached hydrogens (tertiary/aromatic N) is 1. The van der Waals surface area contributed by atoms with Crippen molar-refractivity contribution in [2.24, 2.45) is 5.73 Å². The summed E-state index contributed by atoms with van der Waals surface area (Å²) in [5.74, 6) is -0.794. The van der Waals surface area contributed by atoms with Crippen molar-refractivity contribution >= 4 is 40.2 Å². The molecule has 0 radical (unpaired) electrons. The average Bonchev–Trinajstić information content (AvgIpc) is 2.39. The molecule has 0 unspecified atom stereocenters. The van der Waals surface area contributed by atoms with Crippen LogP contribution in [0.1, 0.15) is 20.7 Å². The highest BCUT2D eigenvalue weighted by molar-refractivity contribution is 14.1. The second-order valence-corrected chi connectivity index (χ2v) is 4.86. The molecule has 5 nitrogen and oxygen atoms in total. The highest BCUT2D eigenvalue weighted by Crippen LogP contribution is 2.15. The molecule has 0 aliphatic rings. The molecule has 0 saturated carbocycles. The zero-order valence-corrected chi connectivity index (χ0v) is 11.9. The second kappa shape index (κ2) is 5.79. The summed E-state index contributed by atoms with van der Waals surface area (Å²) in [7, 11) is 0. The first-order valence-electron chi connectivity index (χ1n) is 5.40. The lowest BCUT2D eigenvalue weighted by Crippen LogP contribution is -2.19. The van der Waals surface area contributed by atoms with Crippen LogP contribution in [0.5, 0.6) is 0 Å². The van der Waals surface area contributed by atoms with E-state index in [2.05, 4.69) is 32.9 Å². The first kappa shape index (κ1) is 13.5. The fourth-order valence-electron chi connectivity index (χ4n) is 1.52. The van der Waals surface area contributed by atoms with Gasteiger partial charge in [-0.2, -0.15) is 0 Å². The number of amides is 2. The van der Waals surface area contributed by atoms with E-state index in [0.717, 1.165) is 3.57 Å². The summed E-state index contributed by atoms with van der Waals surface area (Å²) in [5, 5.41) is 2.59. The first-order chi connectivity index (χ1) is 9.09. The maximum atomic E-state index is 12.1. The summed E-state index contributed by atoms with van der Waals surface area (Å²) in [6.07, 6.45) is 1.48. The smallest absolute Gasteiger partial charge is 0.257 e. The zero-order valence-electron chi connectivity index (χ0n) is 9.76. The fourth-order valence-corrected chi connectivity index (χ4v) is 2.16. The van der Waals surface area contributed by atoms with Gasteiger partial charge in [0.05, 0.1) is 11.1 Å². The molecule has 1 heterocycles. The predicted molar refractivity (Wildman–Crippen MR) is 79.9 cm³/mol. The van der Waals surface area contributed by atoms with Crippen molar-refractivity contribution in [3.8, 4) is 0 Å². The van der Waals surface area contributed by atoms with E-state index in [1.165, 1.54) is 12.3 Å². The molecule has 0 bridgehead atoms. The number of rotatable bonds is 3. The van der Waals surface area contributed by atoms with Gasteiger partial charge < -0.3 is 11.1 Å². The summed E-state index contributed by atoms with van der Waals surface area (Å²) in [4.78, 5) is 27.3. The number of halogens is 1. The summed E-state index contributed by atoms with van der Waals surface area (Å²) < 4.78 is 0.814. The Kier molecular flexibility index (Phi) is 4.10. The quantitative estimate of drug-likeness (QED) is 0.815. The third kappa shape index (κ3) is 3.08. The van der Waals surface area contributed by atoms with Crippen LogP contribution in [0.2, 0.25) is 0 Å². The zero-order chi connectivity index (χ0) is 13.8. The molecule has 1 aromatic heterocycles. The molecule has 0 saturated heterocycles. The summed E-state index contributed by atoms with van der Waals surface area (Å²) in [5.41, 5.74) is 5.93. The lowest BCUT2D eigenvalue weighted by Gasteiger charge is -2.08. The van der Waals surface area contributed by atoms with Gasteiger partial charge in [-0.25, -0.2) is 4.98 Å². The monoisotopic (exact) mass is 367 g/mol. The Bertz CT molecular complexity index is 643. The van der Waals surface area contributed by atoms with Crippen LogP contribution in [0.4, 0.5) is 5.82 Å². The van der Waals surface area contributed by atoms with Gasteiger partial charge in [0.25, 0.3) is 11.8 Å². The van der Waals surface area contributed by atoms with Gasteiger partial charge in [0.1, 0.15) is 5.82 Å². The minimum Gasteiger partial charge on any atom is -0.365 e. The molecule has 3 N–H and O–H groups in total. The summed E-state index contributed by atoms with van der Waals surface area (Å²) in [6.45, 7) is 0. The molecular weight excluding hydrogens is 357 g/mol.